The third-order valence-electron chi connectivity index (χ3n) is 2.45. The molecule has 4 heteroatoms. The fraction of sp³-hybridized carbons (Fsp3) is 0.455. The summed E-state index contributed by atoms with van der Waals surface area (Å²) < 4.78 is 0. The van der Waals surface area contributed by atoms with Crippen LogP contribution in [0.5, 0.6) is 0 Å². The van der Waals surface area contributed by atoms with Gasteiger partial charge in [0.15, 0.2) is 0 Å². The zero-order valence-electron chi connectivity index (χ0n) is 8.87. The van der Waals surface area contributed by atoms with Crippen molar-refractivity contribution >= 4 is 17.3 Å². The first-order chi connectivity index (χ1) is 7.06. The average molecular weight is 228 g/mol. The van der Waals surface area contributed by atoms with Crippen molar-refractivity contribution in [3.8, 4) is 0 Å². The maximum absolute atomic E-state index is 10.8. The molecule has 0 saturated carbocycles. The third-order valence-corrected chi connectivity index (χ3v) is 2.91. The van der Waals surface area contributed by atoms with E-state index in [0.717, 1.165) is 17.5 Å². The van der Waals surface area contributed by atoms with Crippen molar-refractivity contribution in [3.05, 3.63) is 39.4 Å². The van der Waals surface area contributed by atoms with Crippen LogP contribution in [-0.4, -0.2) is 10.3 Å². The minimum absolute atomic E-state index is 0.0372. The Morgan fingerprint density at radius 3 is 2.73 bits per heavy atom. The van der Waals surface area contributed by atoms with E-state index in [1.165, 1.54) is 6.07 Å². The van der Waals surface area contributed by atoms with Crippen LogP contribution in [0.3, 0.4) is 0 Å². The summed E-state index contributed by atoms with van der Waals surface area (Å²) in [7, 11) is 0. The van der Waals surface area contributed by atoms with Gasteiger partial charge in [-0.1, -0.05) is 19.1 Å². The lowest BCUT2D eigenvalue weighted by atomic mass is 10.0. The summed E-state index contributed by atoms with van der Waals surface area (Å²) in [5.41, 5.74) is 1.86. The molecule has 0 aliphatic rings. The van der Waals surface area contributed by atoms with Crippen molar-refractivity contribution in [1.82, 2.24) is 0 Å². The van der Waals surface area contributed by atoms with E-state index >= 15 is 0 Å². The first kappa shape index (κ1) is 12.0. The first-order valence-electron chi connectivity index (χ1n) is 4.93. The highest BCUT2D eigenvalue weighted by molar-refractivity contribution is 6.20. The predicted molar refractivity (Wildman–Crippen MR) is 61.5 cm³/mol. The molecule has 0 N–H and O–H groups in total. The molecule has 82 valence electrons. The number of benzene rings is 1. The summed E-state index contributed by atoms with van der Waals surface area (Å²) in [6.45, 7) is 3.85. The Kier molecular flexibility index (Phi) is 4.09. The molecule has 0 bridgehead atoms. The summed E-state index contributed by atoms with van der Waals surface area (Å²) in [5, 5.41) is 10.8. The zero-order chi connectivity index (χ0) is 11.4. The van der Waals surface area contributed by atoms with Crippen LogP contribution in [0.4, 0.5) is 5.69 Å². The van der Waals surface area contributed by atoms with Gasteiger partial charge in [0.25, 0.3) is 5.69 Å². The minimum atomic E-state index is -0.346. The molecule has 3 nitrogen and oxygen atoms in total. The molecule has 0 aliphatic carbocycles. The van der Waals surface area contributed by atoms with Gasteiger partial charge in [-0.2, -0.15) is 0 Å². The lowest BCUT2D eigenvalue weighted by Gasteiger charge is -2.09. The molecule has 15 heavy (non-hydrogen) atoms. The Balaban J connectivity index is 3.07. The minimum Gasteiger partial charge on any atom is -0.258 e. The standard InChI is InChI=1S/C11H14ClNO2/c1-3-9(12)7-10-8(2)5-4-6-11(10)13(14)15/h4-6,9H,3,7H2,1-2H3. The Morgan fingerprint density at radius 1 is 1.53 bits per heavy atom. The van der Waals surface area contributed by atoms with Crippen LogP contribution in [0.1, 0.15) is 24.5 Å². The molecule has 1 aromatic rings. The maximum Gasteiger partial charge on any atom is 0.272 e. The Morgan fingerprint density at radius 2 is 2.20 bits per heavy atom. The number of rotatable bonds is 4. The number of hydrogen-bond donors (Lipinski definition) is 0. The van der Waals surface area contributed by atoms with Gasteiger partial charge in [-0.05, 0) is 25.3 Å². The van der Waals surface area contributed by atoms with E-state index in [4.69, 9.17) is 11.6 Å². The van der Waals surface area contributed by atoms with Gasteiger partial charge in [0.1, 0.15) is 0 Å². The summed E-state index contributed by atoms with van der Waals surface area (Å²) >= 11 is 6.03. The Labute approximate surface area is 94.2 Å². The van der Waals surface area contributed by atoms with Gasteiger partial charge in [-0.3, -0.25) is 10.1 Å². The topological polar surface area (TPSA) is 43.1 Å². The number of halogens is 1. The highest BCUT2D eigenvalue weighted by atomic mass is 35.5. The second-order valence-corrected chi connectivity index (χ2v) is 4.16. The van der Waals surface area contributed by atoms with Crippen molar-refractivity contribution in [1.29, 1.82) is 0 Å². The lowest BCUT2D eigenvalue weighted by Crippen LogP contribution is -2.06. The number of hydrogen-bond acceptors (Lipinski definition) is 2. The average Bonchev–Trinajstić information content (AvgIpc) is 2.20. The van der Waals surface area contributed by atoms with Gasteiger partial charge in [-0.15, -0.1) is 11.6 Å². The van der Waals surface area contributed by atoms with Crippen molar-refractivity contribution in [2.24, 2.45) is 0 Å². The SMILES string of the molecule is CCC(Cl)Cc1c(C)cccc1[N+](=O)[O-]. The van der Waals surface area contributed by atoms with Crippen molar-refractivity contribution < 1.29 is 4.92 Å². The van der Waals surface area contributed by atoms with Crippen LogP contribution in [0.2, 0.25) is 0 Å². The number of nitro groups is 1. The maximum atomic E-state index is 10.8. The molecule has 0 amide bonds. The molecule has 0 spiro atoms. The molecule has 0 radical (unpaired) electrons. The monoisotopic (exact) mass is 227 g/mol. The van der Waals surface area contributed by atoms with E-state index < -0.39 is 0 Å². The fourth-order valence-corrected chi connectivity index (χ4v) is 1.64. The van der Waals surface area contributed by atoms with E-state index in [2.05, 4.69) is 0 Å². The van der Waals surface area contributed by atoms with Crippen LogP contribution in [0.25, 0.3) is 0 Å². The molecule has 0 fully saturated rings. The Hall–Kier alpha value is -1.09. The quantitative estimate of drug-likeness (QED) is 0.449. The molecule has 1 aromatic carbocycles. The van der Waals surface area contributed by atoms with Crippen LogP contribution < -0.4 is 0 Å². The summed E-state index contributed by atoms with van der Waals surface area (Å²) in [6, 6.07) is 5.11. The molecule has 1 rings (SSSR count). The normalized spacial score (nSPS) is 12.5. The van der Waals surface area contributed by atoms with Gasteiger partial charge in [-0.25, -0.2) is 0 Å². The summed E-state index contributed by atoms with van der Waals surface area (Å²) in [4.78, 5) is 10.5. The fourth-order valence-electron chi connectivity index (χ4n) is 1.49. The molecule has 0 heterocycles. The van der Waals surface area contributed by atoms with Gasteiger partial charge in [0.05, 0.1) is 4.92 Å². The Bertz CT molecular complexity index is 366. The summed E-state index contributed by atoms with van der Waals surface area (Å²) in [5.74, 6) is 0. The lowest BCUT2D eigenvalue weighted by molar-refractivity contribution is -0.385. The van der Waals surface area contributed by atoms with Crippen LogP contribution >= 0.6 is 11.6 Å². The van der Waals surface area contributed by atoms with Gasteiger partial charge >= 0.3 is 0 Å². The number of nitro benzene ring substituents is 1. The number of alkyl halides is 1. The van der Waals surface area contributed by atoms with Crippen LogP contribution in [0.15, 0.2) is 18.2 Å². The van der Waals surface area contributed by atoms with E-state index in [-0.39, 0.29) is 16.0 Å². The van der Waals surface area contributed by atoms with Gasteiger partial charge in [0, 0.05) is 17.0 Å². The molecule has 1 unspecified atom stereocenters. The number of aryl methyl sites for hydroxylation is 1. The van der Waals surface area contributed by atoms with Crippen molar-refractivity contribution in [3.63, 3.8) is 0 Å². The second kappa shape index (κ2) is 5.12. The largest absolute Gasteiger partial charge is 0.272 e. The van der Waals surface area contributed by atoms with Crippen molar-refractivity contribution in [2.45, 2.75) is 32.1 Å². The van der Waals surface area contributed by atoms with Crippen molar-refractivity contribution in [2.75, 3.05) is 0 Å². The molecular weight excluding hydrogens is 214 g/mol. The molecule has 1 atom stereocenters. The van der Waals surface area contributed by atoms with Gasteiger partial charge < -0.3 is 0 Å². The van der Waals surface area contributed by atoms with E-state index in [1.54, 1.807) is 6.07 Å². The summed E-state index contributed by atoms with van der Waals surface area (Å²) in [6.07, 6.45) is 1.37. The smallest absolute Gasteiger partial charge is 0.258 e. The van der Waals surface area contributed by atoms with E-state index in [0.29, 0.717) is 6.42 Å². The molecule has 0 saturated heterocycles. The van der Waals surface area contributed by atoms with E-state index in [9.17, 15) is 10.1 Å². The van der Waals surface area contributed by atoms with Crippen LogP contribution in [0, 0.1) is 17.0 Å². The molecule has 0 aromatic heterocycles. The first-order valence-corrected chi connectivity index (χ1v) is 5.36. The molecular formula is C11H14ClNO2. The zero-order valence-corrected chi connectivity index (χ0v) is 9.62. The predicted octanol–water partition coefficient (Wildman–Crippen LogP) is 3.46. The highest BCUT2D eigenvalue weighted by Crippen LogP contribution is 2.25. The van der Waals surface area contributed by atoms with E-state index in [1.807, 2.05) is 19.9 Å². The highest BCUT2D eigenvalue weighted by Gasteiger charge is 2.17. The number of nitrogens with zero attached hydrogens (tertiary/aromatic N) is 1. The van der Waals surface area contributed by atoms with Crippen LogP contribution in [-0.2, 0) is 6.42 Å². The third kappa shape index (κ3) is 2.93. The molecule has 0 aliphatic heterocycles. The van der Waals surface area contributed by atoms with Gasteiger partial charge in [0.2, 0.25) is 0 Å². The second-order valence-electron chi connectivity index (χ2n) is 3.54.